The van der Waals surface area contributed by atoms with Gasteiger partial charge in [0.05, 0.1) is 6.61 Å². The van der Waals surface area contributed by atoms with E-state index in [2.05, 4.69) is 10.1 Å². The van der Waals surface area contributed by atoms with Gasteiger partial charge >= 0.3 is 0 Å². The van der Waals surface area contributed by atoms with E-state index in [1.54, 1.807) is 24.3 Å². The van der Waals surface area contributed by atoms with Crippen LogP contribution in [-0.2, 0) is 11.2 Å². The Morgan fingerprint density at radius 2 is 2.00 bits per heavy atom. The summed E-state index contributed by atoms with van der Waals surface area (Å²) >= 11 is 0. The molecule has 0 aliphatic rings. The number of benzene rings is 1. The summed E-state index contributed by atoms with van der Waals surface area (Å²) < 4.78 is 33.5. The maximum absolute atomic E-state index is 11.8. The molecule has 0 saturated heterocycles. The van der Waals surface area contributed by atoms with Gasteiger partial charge in [0.1, 0.15) is 6.61 Å². The summed E-state index contributed by atoms with van der Waals surface area (Å²) in [6.45, 7) is -0.451. The average molecular weight is 269 g/mol. The number of hydrogen-bond acceptors (Lipinski definition) is 5. The minimum atomic E-state index is -2.46. The SMILES string of the molecule is Nc1ccc(-c2nc(CCOCC(F)F)no2)cc1. The molecule has 0 unspecified atom stereocenters. The summed E-state index contributed by atoms with van der Waals surface area (Å²) in [7, 11) is 0. The van der Waals surface area contributed by atoms with Gasteiger partial charge in [-0.1, -0.05) is 5.16 Å². The van der Waals surface area contributed by atoms with Crippen molar-refractivity contribution in [2.24, 2.45) is 0 Å². The van der Waals surface area contributed by atoms with Crippen LogP contribution < -0.4 is 5.73 Å². The fourth-order valence-electron chi connectivity index (χ4n) is 1.43. The van der Waals surface area contributed by atoms with Crippen molar-refractivity contribution >= 4 is 5.69 Å². The highest BCUT2D eigenvalue weighted by molar-refractivity contribution is 5.56. The zero-order valence-corrected chi connectivity index (χ0v) is 10.1. The number of nitrogens with zero attached hydrogens (tertiary/aromatic N) is 2. The number of halogens is 2. The minimum absolute atomic E-state index is 0.130. The van der Waals surface area contributed by atoms with Crippen LogP contribution in [0.25, 0.3) is 11.5 Å². The van der Waals surface area contributed by atoms with Gasteiger partial charge in [-0.05, 0) is 24.3 Å². The summed E-state index contributed by atoms with van der Waals surface area (Å²) in [5.41, 5.74) is 6.96. The van der Waals surface area contributed by atoms with Crippen molar-refractivity contribution < 1.29 is 18.0 Å². The fourth-order valence-corrected chi connectivity index (χ4v) is 1.43. The van der Waals surface area contributed by atoms with Crippen LogP contribution in [-0.4, -0.2) is 29.8 Å². The third-order valence-corrected chi connectivity index (χ3v) is 2.34. The van der Waals surface area contributed by atoms with Crippen molar-refractivity contribution in [2.45, 2.75) is 12.8 Å². The molecular weight excluding hydrogens is 256 g/mol. The van der Waals surface area contributed by atoms with Crippen LogP contribution >= 0.6 is 0 Å². The molecule has 0 aliphatic heterocycles. The zero-order chi connectivity index (χ0) is 13.7. The van der Waals surface area contributed by atoms with Gasteiger partial charge in [-0.2, -0.15) is 4.98 Å². The van der Waals surface area contributed by atoms with Gasteiger partial charge in [0.2, 0.25) is 0 Å². The molecule has 0 spiro atoms. The highest BCUT2D eigenvalue weighted by atomic mass is 19.3. The van der Waals surface area contributed by atoms with E-state index in [4.69, 9.17) is 15.0 Å². The summed E-state index contributed by atoms with van der Waals surface area (Å²) in [6, 6.07) is 6.98. The monoisotopic (exact) mass is 269 g/mol. The Bertz CT molecular complexity index is 514. The third kappa shape index (κ3) is 3.99. The number of rotatable bonds is 6. The Hall–Kier alpha value is -2.02. The smallest absolute Gasteiger partial charge is 0.261 e. The molecule has 7 heteroatoms. The number of anilines is 1. The predicted octanol–water partition coefficient (Wildman–Crippen LogP) is 2.14. The molecule has 0 saturated carbocycles. The molecule has 19 heavy (non-hydrogen) atoms. The minimum Gasteiger partial charge on any atom is -0.399 e. The Morgan fingerprint density at radius 3 is 2.68 bits per heavy atom. The lowest BCUT2D eigenvalue weighted by atomic mass is 10.2. The normalized spacial score (nSPS) is 11.1. The predicted molar refractivity (Wildman–Crippen MR) is 64.7 cm³/mol. The number of nitrogen functional groups attached to an aromatic ring is 1. The van der Waals surface area contributed by atoms with Crippen LogP contribution in [0.3, 0.4) is 0 Å². The van der Waals surface area contributed by atoms with E-state index in [-0.39, 0.29) is 6.61 Å². The number of aromatic nitrogens is 2. The van der Waals surface area contributed by atoms with Gasteiger partial charge in [0.25, 0.3) is 12.3 Å². The number of hydrogen-bond donors (Lipinski definition) is 1. The molecule has 5 nitrogen and oxygen atoms in total. The molecule has 0 aliphatic carbocycles. The van der Waals surface area contributed by atoms with E-state index >= 15 is 0 Å². The maximum atomic E-state index is 11.8. The van der Waals surface area contributed by atoms with Gasteiger partial charge in [-0.15, -0.1) is 0 Å². The highest BCUT2D eigenvalue weighted by Crippen LogP contribution is 2.18. The van der Waals surface area contributed by atoms with E-state index in [1.165, 1.54) is 0 Å². The van der Waals surface area contributed by atoms with Gasteiger partial charge < -0.3 is 15.0 Å². The summed E-state index contributed by atoms with van der Waals surface area (Å²) in [5.74, 6) is 0.782. The average Bonchev–Trinajstić information content (AvgIpc) is 2.84. The van der Waals surface area contributed by atoms with E-state index in [0.29, 0.717) is 23.8 Å². The van der Waals surface area contributed by atoms with Crippen LogP contribution in [0, 0.1) is 0 Å². The second-order valence-electron chi connectivity index (χ2n) is 3.85. The molecule has 2 N–H and O–H groups in total. The lowest BCUT2D eigenvalue weighted by Crippen LogP contribution is -2.07. The molecule has 0 bridgehead atoms. The topological polar surface area (TPSA) is 74.2 Å². The molecule has 0 amide bonds. The highest BCUT2D eigenvalue weighted by Gasteiger charge is 2.09. The first-order valence-electron chi connectivity index (χ1n) is 5.69. The third-order valence-electron chi connectivity index (χ3n) is 2.34. The number of nitrogens with two attached hydrogens (primary N) is 1. The quantitative estimate of drug-likeness (QED) is 0.642. The second kappa shape index (κ2) is 6.24. The van der Waals surface area contributed by atoms with Crippen molar-refractivity contribution in [3.8, 4) is 11.5 Å². The summed E-state index contributed by atoms with van der Waals surface area (Å²) in [5, 5.41) is 3.75. The Kier molecular flexibility index (Phi) is 4.40. The van der Waals surface area contributed by atoms with Crippen LogP contribution in [0.2, 0.25) is 0 Å². The first-order valence-corrected chi connectivity index (χ1v) is 5.69. The standard InChI is InChI=1S/C12H13F2N3O2/c13-10(14)7-18-6-5-11-16-12(19-17-11)8-1-3-9(15)4-2-8/h1-4,10H,5-7,15H2. The molecule has 2 rings (SSSR count). The van der Waals surface area contributed by atoms with Gasteiger partial charge in [-0.25, -0.2) is 8.78 Å². The zero-order valence-electron chi connectivity index (χ0n) is 10.1. The van der Waals surface area contributed by atoms with Crippen molar-refractivity contribution in [3.05, 3.63) is 30.1 Å². The van der Waals surface area contributed by atoms with Gasteiger partial charge in [-0.3, -0.25) is 0 Å². The van der Waals surface area contributed by atoms with Crippen molar-refractivity contribution in [1.29, 1.82) is 0 Å². The van der Waals surface area contributed by atoms with Crippen LogP contribution in [0.1, 0.15) is 5.82 Å². The molecular formula is C12H13F2N3O2. The van der Waals surface area contributed by atoms with E-state index in [9.17, 15) is 8.78 Å². The van der Waals surface area contributed by atoms with E-state index < -0.39 is 13.0 Å². The Balaban J connectivity index is 1.90. The number of ether oxygens (including phenoxy) is 1. The lowest BCUT2D eigenvalue weighted by molar-refractivity contribution is 0.0182. The van der Waals surface area contributed by atoms with Crippen molar-refractivity contribution in [3.63, 3.8) is 0 Å². The van der Waals surface area contributed by atoms with Crippen LogP contribution in [0.15, 0.2) is 28.8 Å². The first kappa shape index (κ1) is 13.4. The summed E-state index contributed by atoms with van der Waals surface area (Å²) in [6.07, 6.45) is -2.14. The summed E-state index contributed by atoms with van der Waals surface area (Å²) in [4.78, 5) is 4.14. The second-order valence-corrected chi connectivity index (χ2v) is 3.85. The van der Waals surface area contributed by atoms with Crippen LogP contribution in [0.5, 0.6) is 0 Å². The first-order chi connectivity index (χ1) is 9.15. The maximum Gasteiger partial charge on any atom is 0.261 e. The molecule has 1 aromatic carbocycles. The van der Waals surface area contributed by atoms with Crippen LogP contribution in [0.4, 0.5) is 14.5 Å². The molecule has 0 atom stereocenters. The molecule has 1 heterocycles. The van der Waals surface area contributed by atoms with E-state index in [0.717, 1.165) is 5.56 Å². The lowest BCUT2D eigenvalue weighted by Gasteiger charge is -1.99. The van der Waals surface area contributed by atoms with Gasteiger partial charge in [0, 0.05) is 17.7 Å². The Labute approximate surface area is 108 Å². The molecule has 102 valence electrons. The largest absolute Gasteiger partial charge is 0.399 e. The molecule has 1 aromatic heterocycles. The Morgan fingerprint density at radius 1 is 1.26 bits per heavy atom. The van der Waals surface area contributed by atoms with Crippen molar-refractivity contribution in [2.75, 3.05) is 18.9 Å². The number of alkyl halides is 2. The van der Waals surface area contributed by atoms with Crippen molar-refractivity contribution in [1.82, 2.24) is 10.1 Å². The molecule has 2 aromatic rings. The van der Waals surface area contributed by atoms with E-state index in [1.807, 2.05) is 0 Å². The molecule has 0 radical (unpaired) electrons. The van der Waals surface area contributed by atoms with Gasteiger partial charge in [0.15, 0.2) is 5.82 Å². The molecule has 0 fully saturated rings. The fraction of sp³-hybridized carbons (Fsp3) is 0.333.